The highest BCUT2D eigenvalue weighted by molar-refractivity contribution is 5.90. The van der Waals surface area contributed by atoms with Gasteiger partial charge in [-0.15, -0.1) is 0 Å². The summed E-state index contributed by atoms with van der Waals surface area (Å²) in [5.41, 5.74) is 2.21. The summed E-state index contributed by atoms with van der Waals surface area (Å²) in [6.07, 6.45) is 9.32. The number of aromatic nitrogens is 5. The molecule has 2 N–H and O–H groups in total. The van der Waals surface area contributed by atoms with Crippen LogP contribution in [0.1, 0.15) is 19.3 Å². The van der Waals surface area contributed by atoms with Gasteiger partial charge in [0.1, 0.15) is 12.0 Å². The summed E-state index contributed by atoms with van der Waals surface area (Å²) in [7, 11) is 1.66. The second-order valence-corrected chi connectivity index (χ2v) is 8.08. The topological polar surface area (TPSA) is 116 Å². The molecule has 1 saturated heterocycles. The fraction of sp³-hybridized carbons (Fsp3) is 0.450. The number of hydrogen-bond donors (Lipinski definition) is 2. The molecular formula is C20H22N8O. The van der Waals surface area contributed by atoms with Crippen molar-refractivity contribution in [3.05, 3.63) is 31.0 Å². The minimum atomic E-state index is -0.332. The predicted molar refractivity (Wildman–Crippen MR) is 106 cm³/mol. The molecule has 3 aromatic heterocycles. The number of nitrogens with zero attached hydrogens (tertiary/aromatic N) is 6. The van der Waals surface area contributed by atoms with Gasteiger partial charge in [-0.3, -0.25) is 4.68 Å². The van der Waals surface area contributed by atoms with Gasteiger partial charge in [-0.05, 0) is 30.7 Å². The molecule has 4 heterocycles. The minimum Gasteiger partial charge on any atom is -0.346 e. The van der Waals surface area contributed by atoms with E-state index in [9.17, 15) is 10.1 Å². The maximum atomic E-state index is 12.0. The van der Waals surface area contributed by atoms with E-state index in [1.54, 1.807) is 13.4 Å². The van der Waals surface area contributed by atoms with Gasteiger partial charge in [0.15, 0.2) is 0 Å². The molecule has 0 spiro atoms. The van der Waals surface area contributed by atoms with Crippen molar-refractivity contribution < 1.29 is 4.79 Å². The van der Waals surface area contributed by atoms with Crippen molar-refractivity contribution in [3.63, 3.8) is 0 Å². The first-order valence-electron chi connectivity index (χ1n) is 9.81. The van der Waals surface area contributed by atoms with Crippen LogP contribution in [0.15, 0.2) is 31.0 Å². The zero-order chi connectivity index (χ0) is 20.0. The lowest BCUT2D eigenvalue weighted by Gasteiger charge is -2.29. The van der Waals surface area contributed by atoms with E-state index in [-0.39, 0.29) is 11.6 Å². The molecule has 3 aromatic rings. The van der Waals surface area contributed by atoms with E-state index < -0.39 is 0 Å². The Morgan fingerprint density at radius 3 is 2.90 bits per heavy atom. The van der Waals surface area contributed by atoms with Gasteiger partial charge in [0.05, 0.1) is 29.9 Å². The molecule has 2 amide bonds. The SMILES string of the molecule is CNC(=O)N1C[C@@H]2CC(CC#N)(n3cc(-c4ncnc5[nH]ccc45)cn3)C[C@@H]2C1. The molecule has 3 atom stereocenters. The van der Waals surface area contributed by atoms with Gasteiger partial charge >= 0.3 is 6.03 Å². The summed E-state index contributed by atoms with van der Waals surface area (Å²) >= 11 is 0. The van der Waals surface area contributed by atoms with Gasteiger partial charge in [0.2, 0.25) is 0 Å². The number of hydrogen-bond acceptors (Lipinski definition) is 5. The van der Waals surface area contributed by atoms with Crippen LogP contribution in [0.25, 0.3) is 22.3 Å². The first kappa shape index (κ1) is 17.7. The standard InChI is InChI=1S/C20H22N8O/c1-22-19(29)27-9-13-6-20(3-4-21,7-14(13)10-27)28-11-15(8-26-28)17-16-2-5-23-18(16)25-12-24-17/h2,5,8,11-14H,3,6-7,9-10H2,1H3,(H,22,29)(H,23,24,25)/t13-,14+,20?. The van der Waals surface area contributed by atoms with E-state index in [1.165, 1.54) is 0 Å². The number of carbonyl (C=O) groups is 1. The molecule has 9 heteroatoms. The third-order valence-electron chi connectivity index (χ3n) is 6.47. The van der Waals surface area contributed by atoms with Gasteiger partial charge in [0, 0.05) is 43.5 Å². The largest absolute Gasteiger partial charge is 0.346 e. The van der Waals surface area contributed by atoms with E-state index in [0.29, 0.717) is 18.3 Å². The quantitative estimate of drug-likeness (QED) is 0.711. The van der Waals surface area contributed by atoms with Crippen molar-refractivity contribution in [2.75, 3.05) is 20.1 Å². The molecule has 1 saturated carbocycles. The molecule has 148 valence electrons. The van der Waals surface area contributed by atoms with Gasteiger partial charge < -0.3 is 15.2 Å². The van der Waals surface area contributed by atoms with Crippen LogP contribution in [0, 0.1) is 23.2 Å². The Bertz CT molecular complexity index is 1100. The third-order valence-corrected chi connectivity index (χ3v) is 6.47. The van der Waals surface area contributed by atoms with Gasteiger partial charge in [-0.25, -0.2) is 14.8 Å². The molecule has 0 radical (unpaired) electrons. The summed E-state index contributed by atoms with van der Waals surface area (Å²) in [5.74, 6) is 0.785. The van der Waals surface area contributed by atoms with E-state index in [0.717, 1.165) is 48.2 Å². The first-order chi connectivity index (χ1) is 14.1. The minimum absolute atomic E-state index is 0.0223. The van der Waals surface area contributed by atoms with E-state index in [2.05, 4.69) is 31.4 Å². The number of nitrogens with one attached hydrogen (secondary N) is 2. The smallest absolute Gasteiger partial charge is 0.317 e. The Kier molecular flexibility index (Phi) is 4.01. The molecular weight excluding hydrogens is 368 g/mol. The first-order valence-corrected chi connectivity index (χ1v) is 9.81. The van der Waals surface area contributed by atoms with E-state index in [1.807, 2.05) is 34.2 Å². The van der Waals surface area contributed by atoms with Crippen LogP contribution in [-0.4, -0.2) is 55.8 Å². The number of aromatic amines is 1. The molecule has 29 heavy (non-hydrogen) atoms. The van der Waals surface area contributed by atoms with Gasteiger partial charge in [-0.2, -0.15) is 10.4 Å². The monoisotopic (exact) mass is 390 g/mol. The molecule has 0 aromatic carbocycles. The summed E-state index contributed by atoms with van der Waals surface area (Å²) in [6.45, 7) is 1.48. The molecule has 2 aliphatic rings. The number of carbonyl (C=O) groups excluding carboxylic acids is 1. The fourth-order valence-corrected chi connectivity index (χ4v) is 5.15. The van der Waals surface area contributed by atoms with Gasteiger partial charge in [0.25, 0.3) is 0 Å². The average Bonchev–Trinajstić information content (AvgIpc) is 3.48. The Labute approximate surface area is 167 Å². The molecule has 0 bridgehead atoms. The lowest BCUT2D eigenvalue weighted by Crippen LogP contribution is -2.39. The number of amides is 2. The molecule has 9 nitrogen and oxygen atoms in total. The highest BCUT2D eigenvalue weighted by Crippen LogP contribution is 2.49. The number of rotatable bonds is 3. The van der Waals surface area contributed by atoms with E-state index >= 15 is 0 Å². The van der Waals surface area contributed by atoms with Crippen molar-refractivity contribution in [2.45, 2.75) is 24.8 Å². The second-order valence-electron chi connectivity index (χ2n) is 8.08. The third kappa shape index (κ3) is 2.75. The zero-order valence-corrected chi connectivity index (χ0v) is 16.2. The number of urea groups is 1. The maximum Gasteiger partial charge on any atom is 0.317 e. The fourth-order valence-electron chi connectivity index (χ4n) is 5.15. The lowest BCUT2D eigenvalue weighted by molar-refractivity contribution is 0.194. The molecule has 2 fully saturated rings. The van der Waals surface area contributed by atoms with Crippen LogP contribution in [-0.2, 0) is 5.54 Å². The Hall–Kier alpha value is -3.41. The Balaban J connectivity index is 1.45. The van der Waals surface area contributed by atoms with Crippen molar-refractivity contribution in [2.24, 2.45) is 11.8 Å². The van der Waals surface area contributed by atoms with Gasteiger partial charge in [-0.1, -0.05) is 0 Å². The highest BCUT2D eigenvalue weighted by atomic mass is 16.2. The van der Waals surface area contributed by atoms with Crippen molar-refractivity contribution in [3.8, 4) is 17.3 Å². The Morgan fingerprint density at radius 2 is 2.17 bits per heavy atom. The lowest BCUT2D eigenvalue weighted by atomic mass is 9.92. The van der Waals surface area contributed by atoms with Crippen molar-refractivity contribution >= 4 is 17.1 Å². The van der Waals surface area contributed by atoms with Crippen LogP contribution in [0.3, 0.4) is 0 Å². The van der Waals surface area contributed by atoms with Crippen LogP contribution in [0.2, 0.25) is 0 Å². The van der Waals surface area contributed by atoms with Crippen molar-refractivity contribution in [1.29, 1.82) is 5.26 Å². The van der Waals surface area contributed by atoms with Crippen LogP contribution < -0.4 is 5.32 Å². The van der Waals surface area contributed by atoms with E-state index in [4.69, 9.17) is 0 Å². The van der Waals surface area contributed by atoms with Crippen LogP contribution in [0.4, 0.5) is 4.79 Å². The summed E-state index contributed by atoms with van der Waals surface area (Å²) in [5, 5.41) is 17.9. The van der Waals surface area contributed by atoms with Crippen molar-refractivity contribution in [1.82, 2.24) is 34.9 Å². The molecule has 1 aliphatic heterocycles. The maximum absolute atomic E-state index is 12.0. The number of likely N-dealkylation sites (tertiary alicyclic amines) is 1. The molecule has 5 rings (SSSR count). The van der Waals surface area contributed by atoms with Crippen LogP contribution >= 0.6 is 0 Å². The summed E-state index contributed by atoms with van der Waals surface area (Å²) in [6, 6.07) is 4.31. The summed E-state index contributed by atoms with van der Waals surface area (Å²) < 4.78 is 1.97. The van der Waals surface area contributed by atoms with Crippen LogP contribution in [0.5, 0.6) is 0 Å². The normalized spacial score (nSPS) is 25.9. The zero-order valence-electron chi connectivity index (χ0n) is 16.2. The Morgan fingerprint density at radius 1 is 1.38 bits per heavy atom. The predicted octanol–water partition coefficient (Wildman–Crippen LogP) is 2.11. The number of H-pyrrole nitrogens is 1. The number of nitriles is 1. The highest BCUT2D eigenvalue weighted by Gasteiger charge is 2.51. The summed E-state index contributed by atoms with van der Waals surface area (Å²) in [4.78, 5) is 25.7. The molecule has 1 aliphatic carbocycles. The number of fused-ring (bicyclic) bond motifs is 2. The molecule has 1 unspecified atom stereocenters. The average molecular weight is 390 g/mol. The second kappa shape index (κ2) is 6.58.